The molecule has 3 aromatic rings. The minimum absolute atomic E-state index is 0.191. The molecule has 2 aromatic carbocycles. The van der Waals surface area contributed by atoms with Crippen molar-refractivity contribution in [1.29, 1.82) is 0 Å². The quantitative estimate of drug-likeness (QED) is 0.525. The largest absolute Gasteiger partial charge is 0.371 e. The van der Waals surface area contributed by atoms with E-state index < -0.39 is 11.9 Å². The van der Waals surface area contributed by atoms with Crippen LogP contribution in [0.15, 0.2) is 60.8 Å². The Kier molecular flexibility index (Phi) is 7.34. The summed E-state index contributed by atoms with van der Waals surface area (Å²) < 4.78 is 1.61. The lowest BCUT2D eigenvalue weighted by Gasteiger charge is -2.20. The summed E-state index contributed by atoms with van der Waals surface area (Å²) in [5, 5.41) is 13.8. The Morgan fingerprint density at radius 2 is 1.85 bits per heavy atom. The highest BCUT2D eigenvalue weighted by Crippen LogP contribution is 2.23. The zero-order valence-corrected chi connectivity index (χ0v) is 18.9. The summed E-state index contributed by atoms with van der Waals surface area (Å²) in [6.45, 7) is 4.58. The molecule has 8 nitrogen and oxygen atoms in total. The molecule has 1 atom stereocenters. The number of anilines is 2. The van der Waals surface area contributed by atoms with E-state index in [0.717, 1.165) is 36.4 Å². The summed E-state index contributed by atoms with van der Waals surface area (Å²) in [6.07, 6.45) is 5.27. The van der Waals surface area contributed by atoms with Crippen LogP contribution in [0.3, 0.4) is 0 Å². The molecule has 2 amide bonds. The third kappa shape index (κ3) is 5.97. The van der Waals surface area contributed by atoms with Gasteiger partial charge in [-0.1, -0.05) is 55.0 Å². The van der Waals surface area contributed by atoms with Gasteiger partial charge in [0.1, 0.15) is 6.04 Å². The first-order valence-electron chi connectivity index (χ1n) is 11.5. The van der Waals surface area contributed by atoms with Gasteiger partial charge in [0.05, 0.1) is 12.7 Å². The second-order valence-corrected chi connectivity index (χ2v) is 8.34. The molecule has 2 heterocycles. The first kappa shape index (κ1) is 22.5. The topological polar surface area (TPSA) is 92.1 Å². The smallest absolute Gasteiger partial charge is 0.274 e. The van der Waals surface area contributed by atoms with E-state index in [0.29, 0.717) is 13.0 Å². The van der Waals surface area contributed by atoms with Crippen LogP contribution in [0.5, 0.6) is 0 Å². The Bertz CT molecular complexity index is 1080. The summed E-state index contributed by atoms with van der Waals surface area (Å²) >= 11 is 0. The number of hydrogen-bond acceptors (Lipinski definition) is 5. The molecule has 1 saturated heterocycles. The zero-order chi connectivity index (χ0) is 23.0. The maximum atomic E-state index is 13.0. The van der Waals surface area contributed by atoms with E-state index in [1.165, 1.54) is 12.8 Å². The zero-order valence-electron chi connectivity index (χ0n) is 18.9. The Hall–Kier alpha value is -3.68. The second-order valence-electron chi connectivity index (χ2n) is 8.34. The average molecular weight is 447 g/mol. The normalized spacial score (nSPS) is 14.2. The van der Waals surface area contributed by atoms with Crippen LogP contribution in [-0.2, 0) is 11.3 Å². The van der Waals surface area contributed by atoms with Crippen molar-refractivity contribution in [2.75, 3.05) is 23.3 Å². The van der Waals surface area contributed by atoms with E-state index in [1.807, 2.05) is 55.5 Å². The van der Waals surface area contributed by atoms with Crippen molar-refractivity contribution in [3.8, 4) is 0 Å². The van der Waals surface area contributed by atoms with E-state index in [9.17, 15) is 9.59 Å². The summed E-state index contributed by atoms with van der Waals surface area (Å²) in [6, 6.07) is 17.0. The van der Waals surface area contributed by atoms with Gasteiger partial charge in [-0.25, -0.2) is 4.68 Å². The summed E-state index contributed by atoms with van der Waals surface area (Å²) in [5.74, 6) is -0.644. The van der Waals surface area contributed by atoms with Crippen molar-refractivity contribution in [3.05, 3.63) is 72.1 Å². The van der Waals surface area contributed by atoms with Crippen LogP contribution in [0.25, 0.3) is 0 Å². The molecule has 0 saturated carbocycles. The Labute approximate surface area is 194 Å². The predicted octanol–water partition coefficient (Wildman–Crippen LogP) is 3.46. The first-order chi connectivity index (χ1) is 16.1. The number of benzene rings is 2. The van der Waals surface area contributed by atoms with Gasteiger partial charge in [-0.2, -0.15) is 0 Å². The summed E-state index contributed by atoms with van der Waals surface area (Å²) in [4.78, 5) is 28.1. The number of aromatic nitrogens is 3. The number of carbonyl (C=O) groups excluding carboxylic acids is 2. The predicted molar refractivity (Wildman–Crippen MR) is 128 cm³/mol. The van der Waals surface area contributed by atoms with Gasteiger partial charge < -0.3 is 15.5 Å². The Morgan fingerprint density at radius 3 is 2.61 bits per heavy atom. The minimum atomic E-state index is -0.655. The van der Waals surface area contributed by atoms with Crippen molar-refractivity contribution in [1.82, 2.24) is 20.3 Å². The molecule has 1 aliphatic rings. The van der Waals surface area contributed by atoms with E-state index in [4.69, 9.17) is 0 Å². The summed E-state index contributed by atoms with van der Waals surface area (Å²) in [5.41, 5.74) is 3.09. The van der Waals surface area contributed by atoms with Crippen molar-refractivity contribution >= 4 is 23.2 Å². The van der Waals surface area contributed by atoms with Gasteiger partial charge in [0.2, 0.25) is 5.91 Å². The van der Waals surface area contributed by atoms with Crippen molar-refractivity contribution in [2.45, 2.75) is 45.2 Å². The average Bonchev–Trinajstić information content (AvgIpc) is 3.52. The summed E-state index contributed by atoms with van der Waals surface area (Å²) in [7, 11) is 0. The Balaban J connectivity index is 1.38. The van der Waals surface area contributed by atoms with Crippen molar-refractivity contribution < 1.29 is 9.59 Å². The number of nitrogens with zero attached hydrogens (tertiary/aromatic N) is 4. The van der Waals surface area contributed by atoms with Gasteiger partial charge in [0.25, 0.3) is 5.91 Å². The van der Waals surface area contributed by atoms with Crippen LogP contribution < -0.4 is 15.5 Å². The molecule has 1 fully saturated rings. The lowest BCUT2D eigenvalue weighted by Crippen LogP contribution is -2.43. The van der Waals surface area contributed by atoms with Crippen LogP contribution in [0.1, 0.15) is 48.7 Å². The third-order valence-electron chi connectivity index (χ3n) is 5.74. The van der Waals surface area contributed by atoms with Crippen LogP contribution in [0.4, 0.5) is 11.4 Å². The fraction of sp³-hybridized carbons (Fsp3) is 0.360. The standard InChI is InChI=1S/C25H30N6O2/c1-2-9-22(24(32)26-20-12-8-13-21(16-20)30-14-6-7-15-30)27-25(33)23-18-31(29-28-23)17-19-10-4-3-5-11-19/h3-5,8,10-13,16,18,22H,2,6-7,9,14-15,17H2,1H3,(H,26,32)(H,27,33). The number of carbonyl (C=O) groups is 2. The monoisotopic (exact) mass is 446 g/mol. The van der Waals surface area contributed by atoms with Crippen molar-refractivity contribution in [2.24, 2.45) is 0 Å². The molecule has 0 radical (unpaired) electrons. The number of rotatable bonds is 9. The molecule has 0 aliphatic carbocycles. The third-order valence-corrected chi connectivity index (χ3v) is 5.74. The fourth-order valence-electron chi connectivity index (χ4n) is 4.02. The fourth-order valence-corrected chi connectivity index (χ4v) is 4.02. The van der Waals surface area contributed by atoms with Crippen LogP contribution >= 0.6 is 0 Å². The van der Waals surface area contributed by atoms with Gasteiger partial charge in [0, 0.05) is 24.5 Å². The second kappa shape index (κ2) is 10.8. The molecule has 1 aromatic heterocycles. The van der Waals surface area contributed by atoms with Gasteiger partial charge in [-0.15, -0.1) is 5.10 Å². The molecular formula is C25H30N6O2. The van der Waals surface area contributed by atoms with E-state index >= 15 is 0 Å². The maximum absolute atomic E-state index is 13.0. The molecular weight excluding hydrogens is 416 g/mol. The van der Waals surface area contributed by atoms with Crippen LogP contribution in [0, 0.1) is 0 Å². The van der Waals surface area contributed by atoms with Gasteiger partial charge in [0.15, 0.2) is 5.69 Å². The molecule has 1 aliphatic heterocycles. The highest BCUT2D eigenvalue weighted by Gasteiger charge is 2.23. The molecule has 33 heavy (non-hydrogen) atoms. The molecule has 2 N–H and O–H groups in total. The first-order valence-corrected chi connectivity index (χ1v) is 11.5. The van der Waals surface area contributed by atoms with Crippen LogP contribution in [-0.4, -0.2) is 45.9 Å². The van der Waals surface area contributed by atoms with Gasteiger partial charge in [-0.05, 0) is 43.0 Å². The molecule has 4 rings (SSSR count). The van der Waals surface area contributed by atoms with E-state index in [2.05, 4.69) is 31.9 Å². The maximum Gasteiger partial charge on any atom is 0.274 e. The van der Waals surface area contributed by atoms with Crippen LogP contribution in [0.2, 0.25) is 0 Å². The molecule has 0 spiro atoms. The lowest BCUT2D eigenvalue weighted by molar-refractivity contribution is -0.118. The van der Waals surface area contributed by atoms with Gasteiger partial charge >= 0.3 is 0 Å². The number of amides is 2. The molecule has 0 bridgehead atoms. The van der Waals surface area contributed by atoms with Crippen molar-refractivity contribution in [3.63, 3.8) is 0 Å². The number of hydrogen-bond donors (Lipinski definition) is 2. The van der Waals surface area contributed by atoms with E-state index in [-0.39, 0.29) is 11.6 Å². The van der Waals surface area contributed by atoms with Gasteiger partial charge in [-0.3, -0.25) is 9.59 Å². The van der Waals surface area contributed by atoms with E-state index in [1.54, 1.807) is 10.9 Å². The molecule has 1 unspecified atom stereocenters. The highest BCUT2D eigenvalue weighted by atomic mass is 16.2. The number of nitrogens with one attached hydrogen (secondary N) is 2. The lowest BCUT2D eigenvalue weighted by atomic mass is 10.1. The SMILES string of the molecule is CCCC(NC(=O)c1cn(Cc2ccccc2)nn1)C(=O)Nc1cccc(N2CCCC2)c1. The molecule has 8 heteroatoms. The minimum Gasteiger partial charge on any atom is -0.371 e. The highest BCUT2D eigenvalue weighted by molar-refractivity contribution is 6.00. The molecule has 172 valence electrons. The Morgan fingerprint density at radius 1 is 1.06 bits per heavy atom.